The maximum absolute atomic E-state index is 13.0. The molecule has 1 aromatic heterocycles. The largest absolute Gasteiger partial charge is 0.341 e. The van der Waals surface area contributed by atoms with Gasteiger partial charge in [0.25, 0.3) is 0 Å². The van der Waals surface area contributed by atoms with E-state index in [4.69, 9.17) is 4.98 Å². The SMILES string of the molecule is Cc1ccc(-c2sc(-c3ccccc3)nc2CC(=O)N(C)[C@H]2CCS(=O)(=O)C2)cc1. The smallest absolute Gasteiger partial charge is 0.228 e. The minimum Gasteiger partial charge on any atom is -0.341 e. The Hall–Kier alpha value is -2.51. The third-order valence-corrected chi connectivity index (χ3v) is 8.45. The topological polar surface area (TPSA) is 67.3 Å². The zero-order valence-electron chi connectivity index (χ0n) is 17.0. The highest BCUT2D eigenvalue weighted by atomic mass is 32.2. The summed E-state index contributed by atoms with van der Waals surface area (Å²) in [4.78, 5) is 20.4. The van der Waals surface area contributed by atoms with E-state index in [2.05, 4.69) is 24.3 Å². The lowest BCUT2D eigenvalue weighted by Crippen LogP contribution is -2.38. The molecule has 1 saturated heterocycles. The second-order valence-corrected chi connectivity index (χ2v) is 11.0. The van der Waals surface area contributed by atoms with E-state index in [0.717, 1.165) is 26.7 Å². The minimum absolute atomic E-state index is 0.0480. The Kier molecular flexibility index (Phi) is 5.75. The number of aryl methyl sites for hydroxylation is 1. The van der Waals surface area contributed by atoms with E-state index in [0.29, 0.717) is 6.42 Å². The molecule has 0 radical (unpaired) electrons. The lowest BCUT2D eigenvalue weighted by atomic mass is 10.1. The molecule has 0 aliphatic carbocycles. The van der Waals surface area contributed by atoms with Crippen LogP contribution in [0.25, 0.3) is 21.0 Å². The number of nitrogens with zero attached hydrogens (tertiary/aromatic N) is 2. The van der Waals surface area contributed by atoms with Crippen LogP contribution in [0.2, 0.25) is 0 Å². The van der Waals surface area contributed by atoms with Gasteiger partial charge in [0.15, 0.2) is 9.84 Å². The Morgan fingerprint density at radius 2 is 1.80 bits per heavy atom. The normalized spacial score (nSPS) is 17.7. The summed E-state index contributed by atoms with van der Waals surface area (Å²) in [5.41, 5.74) is 3.96. The van der Waals surface area contributed by atoms with Gasteiger partial charge in [0.05, 0.1) is 28.5 Å². The third kappa shape index (κ3) is 4.47. The van der Waals surface area contributed by atoms with Gasteiger partial charge in [-0.15, -0.1) is 11.3 Å². The molecular formula is C23H24N2O3S2. The van der Waals surface area contributed by atoms with Gasteiger partial charge in [0.1, 0.15) is 5.01 Å². The van der Waals surface area contributed by atoms with Crippen LogP contribution in [-0.4, -0.2) is 48.8 Å². The first kappa shape index (κ1) is 20.8. The predicted octanol–water partition coefficient (Wildman–Crippen LogP) is 3.97. The highest BCUT2D eigenvalue weighted by Crippen LogP contribution is 2.36. The first-order chi connectivity index (χ1) is 14.3. The summed E-state index contributed by atoms with van der Waals surface area (Å²) < 4.78 is 23.6. The van der Waals surface area contributed by atoms with Gasteiger partial charge in [-0.1, -0.05) is 60.2 Å². The van der Waals surface area contributed by atoms with Crippen LogP contribution in [0.1, 0.15) is 17.7 Å². The highest BCUT2D eigenvalue weighted by molar-refractivity contribution is 7.91. The van der Waals surface area contributed by atoms with Crippen LogP contribution in [-0.2, 0) is 21.1 Å². The standard InChI is InChI=1S/C23H24N2O3S2/c1-16-8-10-17(11-9-16)22-20(24-23(29-22)18-6-4-3-5-7-18)14-21(26)25(2)19-12-13-30(27,28)15-19/h3-11,19H,12-15H2,1-2H3/t19-/m0/s1. The van der Waals surface area contributed by atoms with E-state index in [1.165, 1.54) is 5.56 Å². The van der Waals surface area contributed by atoms with Crippen molar-refractivity contribution in [3.05, 3.63) is 65.9 Å². The quantitative estimate of drug-likeness (QED) is 0.602. The summed E-state index contributed by atoms with van der Waals surface area (Å²) in [7, 11) is -1.34. The maximum Gasteiger partial charge on any atom is 0.228 e. The zero-order chi connectivity index (χ0) is 21.3. The molecule has 156 valence electrons. The Labute approximate surface area is 181 Å². The molecule has 1 amide bonds. The van der Waals surface area contributed by atoms with E-state index < -0.39 is 9.84 Å². The Balaban J connectivity index is 1.65. The second-order valence-electron chi connectivity index (χ2n) is 7.77. The summed E-state index contributed by atoms with van der Waals surface area (Å²) in [5, 5.41) is 0.875. The summed E-state index contributed by atoms with van der Waals surface area (Å²) in [6.07, 6.45) is 0.654. The Bertz CT molecular complexity index is 1150. The molecule has 7 heteroatoms. The number of aromatic nitrogens is 1. The summed E-state index contributed by atoms with van der Waals surface area (Å²) in [6.45, 7) is 2.04. The van der Waals surface area contributed by atoms with Crippen molar-refractivity contribution in [2.24, 2.45) is 0 Å². The van der Waals surface area contributed by atoms with E-state index in [-0.39, 0.29) is 29.9 Å². The molecule has 4 rings (SSSR count). The third-order valence-electron chi connectivity index (χ3n) is 5.50. The lowest BCUT2D eigenvalue weighted by Gasteiger charge is -2.23. The van der Waals surface area contributed by atoms with E-state index in [9.17, 15) is 13.2 Å². The molecule has 2 heterocycles. The van der Waals surface area contributed by atoms with Crippen LogP contribution in [0.5, 0.6) is 0 Å². The van der Waals surface area contributed by atoms with Crippen LogP contribution < -0.4 is 0 Å². The van der Waals surface area contributed by atoms with E-state index >= 15 is 0 Å². The van der Waals surface area contributed by atoms with Crippen LogP contribution in [0.15, 0.2) is 54.6 Å². The van der Waals surface area contributed by atoms with Crippen LogP contribution in [0.4, 0.5) is 0 Å². The molecular weight excluding hydrogens is 416 g/mol. The number of sulfone groups is 1. The van der Waals surface area contributed by atoms with E-state index in [1.54, 1.807) is 23.3 Å². The molecule has 0 saturated carbocycles. The number of carbonyl (C=O) groups excluding carboxylic acids is 1. The molecule has 1 atom stereocenters. The molecule has 1 aliphatic rings. The number of hydrogen-bond acceptors (Lipinski definition) is 5. The number of hydrogen-bond donors (Lipinski definition) is 0. The molecule has 0 bridgehead atoms. The summed E-state index contributed by atoms with van der Waals surface area (Å²) in [6, 6.07) is 17.9. The fraction of sp³-hybridized carbons (Fsp3) is 0.304. The lowest BCUT2D eigenvalue weighted by molar-refractivity contribution is -0.130. The monoisotopic (exact) mass is 440 g/mol. The van der Waals surface area contributed by atoms with Gasteiger partial charge in [-0.25, -0.2) is 13.4 Å². The van der Waals surface area contributed by atoms with Gasteiger partial charge in [0, 0.05) is 18.7 Å². The Morgan fingerprint density at radius 3 is 2.43 bits per heavy atom. The van der Waals surface area contributed by atoms with Crippen molar-refractivity contribution >= 4 is 27.1 Å². The molecule has 3 aromatic rings. The fourth-order valence-electron chi connectivity index (χ4n) is 3.66. The molecule has 5 nitrogen and oxygen atoms in total. The van der Waals surface area contributed by atoms with Gasteiger partial charge in [-0.05, 0) is 18.9 Å². The number of thiazole rings is 1. The van der Waals surface area contributed by atoms with Gasteiger partial charge >= 0.3 is 0 Å². The van der Waals surface area contributed by atoms with Crippen LogP contribution in [0.3, 0.4) is 0 Å². The summed E-state index contributed by atoms with van der Waals surface area (Å²) >= 11 is 1.58. The molecule has 0 spiro atoms. The molecule has 2 aromatic carbocycles. The first-order valence-electron chi connectivity index (χ1n) is 9.90. The van der Waals surface area contributed by atoms with Crippen molar-refractivity contribution in [1.82, 2.24) is 9.88 Å². The van der Waals surface area contributed by atoms with Crippen molar-refractivity contribution in [2.45, 2.75) is 25.8 Å². The number of carbonyl (C=O) groups is 1. The number of likely N-dealkylation sites (N-methyl/N-ethyl adjacent to an activating group) is 1. The van der Waals surface area contributed by atoms with Crippen molar-refractivity contribution in [3.8, 4) is 21.0 Å². The molecule has 0 unspecified atom stereocenters. The maximum atomic E-state index is 13.0. The average molecular weight is 441 g/mol. The zero-order valence-corrected chi connectivity index (χ0v) is 18.7. The van der Waals surface area contributed by atoms with Crippen molar-refractivity contribution in [1.29, 1.82) is 0 Å². The molecule has 0 N–H and O–H groups in total. The van der Waals surface area contributed by atoms with Crippen molar-refractivity contribution in [2.75, 3.05) is 18.6 Å². The second kappa shape index (κ2) is 8.32. The summed E-state index contributed by atoms with van der Waals surface area (Å²) in [5.74, 6) is 0.0980. The molecule has 1 fully saturated rings. The van der Waals surface area contributed by atoms with Crippen LogP contribution >= 0.6 is 11.3 Å². The van der Waals surface area contributed by atoms with Gasteiger partial charge in [0.2, 0.25) is 5.91 Å². The minimum atomic E-state index is -3.04. The first-order valence-corrected chi connectivity index (χ1v) is 12.5. The molecule has 30 heavy (non-hydrogen) atoms. The fourth-order valence-corrected chi connectivity index (χ4v) is 6.53. The Morgan fingerprint density at radius 1 is 1.10 bits per heavy atom. The average Bonchev–Trinajstić information content (AvgIpc) is 3.32. The number of amides is 1. The van der Waals surface area contributed by atoms with Crippen molar-refractivity contribution in [3.63, 3.8) is 0 Å². The van der Waals surface area contributed by atoms with Crippen molar-refractivity contribution < 1.29 is 13.2 Å². The highest BCUT2D eigenvalue weighted by Gasteiger charge is 2.33. The molecule has 1 aliphatic heterocycles. The van der Waals surface area contributed by atoms with Gasteiger partial charge < -0.3 is 4.90 Å². The van der Waals surface area contributed by atoms with Gasteiger partial charge in [-0.2, -0.15) is 0 Å². The van der Waals surface area contributed by atoms with Gasteiger partial charge in [-0.3, -0.25) is 4.79 Å². The van der Waals surface area contributed by atoms with Crippen LogP contribution in [0, 0.1) is 6.92 Å². The number of benzene rings is 2. The van der Waals surface area contributed by atoms with E-state index in [1.807, 2.05) is 37.3 Å². The predicted molar refractivity (Wildman–Crippen MR) is 121 cm³/mol. The number of rotatable bonds is 5.